The Morgan fingerprint density at radius 2 is 0.724 bits per heavy atom. The number of hydrogen-bond acceptors (Lipinski definition) is 4. The Morgan fingerprint density at radius 3 is 1.18 bits per heavy atom. The van der Waals surface area contributed by atoms with E-state index in [0.717, 1.165) is 50.8 Å². The van der Waals surface area contributed by atoms with Crippen LogP contribution in [0.2, 0.25) is 0 Å². The van der Waals surface area contributed by atoms with Crippen LogP contribution in [-0.2, 0) is 0 Å². The summed E-state index contributed by atoms with van der Waals surface area (Å²) < 4.78 is 7.17. The zero-order chi connectivity index (χ0) is 50.3. The van der Waals surface area contributed by atoms with Crippen molar-refractivity contribution in [2.45, 2.75) is 6.17 Å². The molecule has 1 unspecified atom stereocenters. The fourth-order valence-corrected chi connectivity index (χ4v) is 11.8. The molecule has 358 valence electrons. The molecule has 0 spiro atoms. The van der Waals surface area contributed by atoms with Crippen LogP contribution in [0.15, 0.2) is 271 Å². The summed E-state index contributed by atoms with van der Waals surface area (Å²) in [6.07, 6.45) is 1.50. The van der Waals surface area contributed by atoms with Crippen LogP contribution >= 0.6 is 0 Å². The quantitative estimate of drug-likeness (QED) is 0.152. The van der Waals surface area contributed by atoms with E-state index in [0.29, 0.717) is 5.84 Å². The summed E-state index contributed by atoms with van der Waals surface area (Å²) in [6, 6.07) is 91.8. The lowest BCUT2D eigenvalue weighted by atomic mass is 9.98. The number of aliphatic imine (C=N–C) groups is 2. The SMILES string of the molecule is CN1C(c2ccccn2)=NC(c2ccccc2)=NC1c1ccc(-n2c3ccc(-c4ccc5c(c4)c4ccccc4n5-c4ccccc4)cc3c3cc(-c4ccc5c(c4)c4ccccc4n5-c4ccccc4)ccc32)cc1. The molecular formula is C69H47N7. The van der Waals surface area contributed by atoms with Crippen LogP contribution in [-0.4, -0.2) is 42.3 Å². The van der Waals surface area contributed by atoms with Gasteiger partial charge in [0.05, 0.1) is 33.1 Å². The van der Waals surface area contributed by atoms with Gasteiger partial charge >= 0.3 is 0 Å². The molecule has 0 saturated carbocycles. The first kappa shape index (κ1) is 43.5. The van der Waals surface area contributed by atoms with Crippen molar-refractivity contribution in [3.05, 3.63) is 278 Å². The second kappa shape index (κ2) is 17.5. The van der Waals surface area contributed by atoms with Crippen LogP contribution in [0.25, 0.3) is 105 Å². The normalized spacial score (nSPS) is 13.9. The molecule has 0 bridgehead atoms. The largest absolute Gasteiger partial charge is 0.332 e. The van der Waals surface area contributed by atoms with E-state index < -0.39 is 0 Å². The van der Waals surface area contributed by atoms with Crippen molar-refractivity contribution in [2.75, 3.05) is 7.05 Å². The lowest BCUT2D eigenvalue weighted by Gasteiger charge is -2.32. The molecule has 4 aromatic heterocycles. The maximum atomic E-state index is 5.27. The standard InChI is InChI=1S/C69H47N7/c1-73-68(71-67(45-17-5-2-6-18-45)72-69(73)60-25-15-16-40-70-60)46-28-34-53(35-29-46)76-65-38-32-49(47-30-36-63-56(41-47)54-23-11-13-26-61(54)74(63)51-19-7-3-8-20-51)43-58(65)59-44-50(33-39-66(59)76)48-31-37-64-57(42-48)55-24-12-14-27-62(55)75(64)52-21-9-4-10-22-52/h2-44,68H,1H3. The Bertz CT molecular complexity index is 4410. The number of para-hydroxylation sites is 4. The first-order valence-corrected chi connectivity index (χ1v) is 25.8. The summed E-state index contributed by atoms with van der Waals surface area (Å²) in [6.45, 7) is 0. The topological polar surface area (TPSA) is 55.6 Å². The number of benzene rings is 10. The van der Waals surface area contributed by atoms with E-state index in [1.807, 2.05) is 42.6 Å². The fraction of sp³-hybridized carbons (Fsp3) is 0.0290. The Morgan fingerprint density at radius 1 is 0.329 bits per heavy atom. The molecule has 76 heavy (non-hydrogen) atoms. The summed E-state index contributed by atoms with van der Waals surface area (Å²) in [5.41, 5.74) is 17.9. The number of aromatic nitrogens is 4. The molecule has 5 heterocycles. The molecule has 7 nitrogen and oxygen atoms in total. The summed E-state index contributed by atoms with van der Waals surface area (Å²) in [5, 5.41) is 7.31. The highest BCUT2D eigenvalue weighted by molar-refractivity contribution is 6.15. The molecule has 1 aliphatic rings. The highest BCUT2D eigenvalue weighted by Crippen LogP contribution is 2.42. The molecule has 0 N–H and O–H groups in total. The minimum Gasteiger partial charge on any atom is -0.332 e. The van der Waals surface area contributed by atoms with Gasteiger partial charge in [0.2, 0.25) is 0 Å². The molecule has 1 aliphatic heterocycles. The molecule has 0 aliphatic carbocycles. The number of rotatable bonds is 8. The van der Waals surface area contributed by atoms with Gasteiger partial charge in [-0.15, -0.1) is 0 Å². The van der Waals surface area contributed by atoms with E-state index >= 15 is 0 Å². The van der Waals surface area contributed by atoms with Gasteiger partial charge in [-0.2, -0.15) is 0 Å². The van der Waals surface area contributed by atoms with Gasteiger partial charge in [0, 0.05) is 68.2 Å². The number of fused-ring (bicyclic) bond motifs is 9. The average molecular weight is 974 g/mol. The van der Waals surface area contributed by atoms with E-state index in [4.69, 9.17) is 15.0 Å². The summed E-state index contributed by atoms with van der Waals surface area (Å²) in [4.78, 5) is 17.2. The molecule has 14 aromatic rings. The van der Waals surface area contributed by atoms with Gasteiger partial charge < -0.3 is 18.6 Å². The van der Waals surface area contributed by atoms with Gasteiger partial charge in [-0.25, -0.2) is 9.98 Å². The first-order valence-electron chi connectivity index (χ1n) is 25.8. The minimum absolute atomic E-state index is 0.319. The zero-order valence-electron chi connectivity index (χ0n) is 41.5. The lowest BCUT2D eigenvalue weighted by molar-refractivity contribution is 0.382. The van der Waals surface area contributed by atoms with Crippen molar-refractivity contribution in [2.24, 2.45) is 9.98 Å². The van der Waals surface area contributed by atoms with Crippen LogP contribution in [0, 0.1) is 0 Å². The molecule has 0 amide bonds. The summed E-state index contributed by atoms with van der Waals surface area (Å²) in [5.74, 6) is 1.46. The van der Waals surface area contributed by atoms with Crippen molar-refractivity contribution in [3.8, 4) is 39.3 Å². The van der Waals surface area contributed by atoms with Gasteiger partial charge in [0.15, 0.2) is 17.8 Å². The Kier molecular flexibility index (Phi) is 10.0. The van der Waals surface area contributed by atoms with Crippen LogP contribution < -0.4 is 0 Å². The molecule has 0 radical (unpaired) electrons. The van der Waals surface area contributed by atoms with Crippen molar-refractivity contribution >= 4 is 77.1 Å². The third-order valence-corrected chi connectivity index (χ3v) is 15.3. The number of nitrogens with zero attached hydrogens (tertiary/aromatic N) is 7. The summed E-state index contributed by atoms with van der Waals surface area (Å²) >= 11 is 0. The van der Waals surface area contributed by atoms with Gasteiger partial charge in [-0.05, 0) is 137 Å². The molecule has 15 rings (SSSR count). The third-order valence-electron chi connectivity index (χ3n) is 15.3. The van der Waals surface area contributed by atoms with Crippen molar-refractivity contribution in [3.63, 3.8) is 0 Å². The maximum Gasteiger partial charge on any atom is 0.159 e. The zero-order valence-corrected chi connectivity index (χ0v) is 41.5. The maximum absolute atomic E-state index is 5.27. The van der Waals surface area contributed by atoms with Crippen LogP contribution in [0.4, 0.5) is 0 Å². The number of pyridine rings is 1. The molecule has 10 aromatic carbocycles. The second-order valence-corrected chi connectivity index (χ2v) is 19.7. The number of hydrogen-bond donors (Lipinski definition) is 0. The van der Waals surface area contributed by atoms with Gasteiger partial charge in [0.25, 0.3) is 0 Å². The Balaban J connectivity index is 0.886. The lowest BCUT2D eigenvalue weighted by Crippen LogP contribution is -2.36. The highest BCUT2D eigenvalue weighted by Gasteiger charge is 2.28. The van der Waals surface area contributed by atoms with Crippen molar-refractivity contribution in [1.82, 2.24) is 23.6 Å². The Hall–Kier alpha value is -10.1. The molecule has 0 fully saturated rings. The van der Waals surface area contributed by atoms with Crippen LogP contribution in [0.1, 0.15) is 23.0 Å². The van der Waals surface area contributed by atoms with E-state index in [1.165, 1.54) is 76.6 Å². The van der Waals surface area contributed by atoms with Crippen molar-refractivity contribution in [1.29, 1.82) is 0 Å². The predicted octanol–water partition coefficient (Wildman–Crippen LogP) is 16.5. The van der Waals surface area contributed by atoms with E-state index in [9.17, 15) is 0 Å². The van der Waals surface area contributed by atoms with E-state index in [-0.39, 0.29) is 6.17 Å². The molecular weight excluding hydrogens is 927 g/mol. The van der Waals surface area contributed by atoms with Crippen LogP contribution in [0.5, 0.6) is 0 Å². The minimum atomic E-state index is -0.319. The first-order chi connectivity index (χ1) is 37.6. The Labute approximate surface area is 438 Å². The van der Waals surface area contributed by atoms with Crippen molar-refractivity contribution < 1.29 is 0 Å². The number of amidine groups is 2. The third kappa shape index (κ3) is 7.01. The fourth-order valence-electron chi connectivity index (χ4n) is 11.8. The van der Waals surface area contributed by atoms with Crippen LogP contribution in [0.3, 0.4) is 0 Å². The smallest absolute Gasteiger partial charge is 0.159 e. The van der Waals surface area contributed by atoms with Gasteiger partial charge in [0.1, 0.15) is 5.69 Å². The van der Waals surface area contributed by atoms with Gasteiger partial charge in [-0.3, -0.25) is 4.98 Å². The summed E-state index contributed by atoms with van der Waals surface area (Å²) in [7, 11) is 2.05. The predicted molar refractivity (Wildman–Crippen MR) is 315 cm³/mol. The second-order valence-electron chi connectivity index (χ2n) is 19.7. The highest BCUT2D eigenvalue weighted by atomic mass is 15.3. The van der Waals surface area contributed by atoms with E-state index in [1.54, 1.807) is 0 Å². The molecule has 1 atom stereocenters. The average Bonchev–Trinajstić information content (AvgIpc) is 4.13. The molecule has 7 heteroatoms. The molecule has 0 saturated heterocycles. The van der Waals surface area contributed by atoms with E-state index in [2.05, 4.69) is 244 Å². The monoisotopic (exact) mass is 973 g/mol. The van der Waals surface area contributed by atoms with Gasteiger partial charge in [-0.1, -0.05) is 146 Å².